The molecule has 0 radical (unpaired) electrons. The van der Waals surface area contributed by atoms with Gasteiger partial charge in [0.1, 0.15) is 5.75 Å². The fraction of sp³-hybridized carbons (Fsp3) is 0.235. The van der Waals surface area contributed by atoms with Crippen LogP contribution >= 0.6 is 11.6 Å². The van der Waals surface area contributed by atoms with Crippen molar-refractivity contribution < 1.29 is 19.0 Å². The summed E-state index contributed by atoms with van der Waals surface area (Å²) < 4.78 is 16.1. The number of halogens is 1. The number of carbonyl (C=O) groups excluding carboxylic acids is 1. The van der Waals surface area contributed by atoms with Crippen LogP contribution in [0.4, 0.5) is 5.69 Å². The Hall–Kier alpha value is -2.40. The number of anilines is 1. The Balaban J connectivity index is 1.94. The zero-order valence-corrected chi connectivity index (χ0v) is 13.7. The highest BCUT2D eigenvalue weighted by molar-refractivity contribution is 6.30. The van der Waals surface area contributed by atoms with Gasteiger partial charge in [-0.2, -0.15) is 0 Å². The van der Waals surface area contributed by atoms with Crippen LogP contribution in [0.2, 0.25) is 5.02 Å². The third-order valence-electron chi connectivity index (χ3n) is 2.91. The quantitative estimate of drug-likeness (QED) is 0.837. The lowest BCUT2D eigenvalue weighted by atomic mass is 10.2. The van der Waals surface area contributed by atoms with Crippen molar-refractivity contribution in [2.45, 2.75) is 6.92 Å². The topological polar surface area (TPSA) is 56.8 Å². The van der Waals surface area contributed by atoms with Crippen molar-refractivity contribution in [1.29, 1.82) is 0 Å². The molecule has 0 unspecified atom stereocenters. The van der Waals surface area contributed by atoms with E-state index in [-0.39, 0.29) is 12.5 Å². The average molecular weight is 336 g/mol. The van der Waals surface area contributed by atoms with Gasteiger partial charge in [0.25, 0.3) is 5.91 Å². The van der Waals surface area contributed by atoms with Crippen LogP contribution in [-0.2, 0) is 4.79 Å². The van der Waals surface area contributed by atoms with Crippen molar-refractivity contribution in [3.63, 3.8) is 0 Å². The van der Waals surface area contributed by atoms with Crippen molar-refractivity contribution in [2.75, 3.05) is 25.6 Å². The number of hydrogen-bond acceptors (Lipinski definition) is 4. The number of methoxy groups -OCH3 is 1. The number of benzene rings is 2. The maximum Gasteiger partial charge on any atom is 0.262 e. The molecule has 2 rings (SSSR count). The second-order valence-corrected chi connectivity index (χ2v) is 5.03. The minimum atomic E-state index is -0.281. The molecule has 0 fully saturated rings. The molecule has 6 heteroatoms. The van der Waals surface area contributed by atoms with Gasteiger partial charge in [-0.15, -0.1) is 0 Å². The summed E-state index contributed by atoms with van der Waals surface area (Å²) in [4.78, 5) is 11.9. The second-order valence-electron chi connectivity index (χ2n) is 4.59. The first-order valence-electron chi connectivity index (χ1n) is 7.11. The zero-order chi connectivity index (χ0) is 16.7. The molecule has 122 valence electrons. The maximum absolute atomic E-state index is 11.9. The van der Waals surface area contributed by atoms with E-state index in [0.717, 1.165) is 0 Å². The number of rotatable bonds is 7. The molecule has 0 spiro atoms. The van der Waals surface area contributed by atoms with E-state index in [2.05, 4.69) is 5.32 Å². The van der Waals surface area contributed by atoms with E-state index in [1.165, 1.54) is 0 Å². The molecule has 0 saturated carbocycles. The number of ether oxygens (including phenoxy) is 3. The summed E-state index contributed by atoms with van der Waals surface area (Å²) in [5.74, 6) is 1.44. The molecule has 2 aromatic rings. The van der Waals surface area contributed by atoms with Crippen LogP contribution in [0.5, 0.6) is 17.2 Å². The molecule has 0 aliphatic rings. The third kappa shape index (κ3) is 5.07. The van der Waals surface area contributed by atoms with Gasteiger partial charge >= 0.3 is 0 Å². The van der Waals surface area contributed by atoms with Crippen molar-refractivity contribution in [1.82, 2.24) is 0 Å². The monoisotopic (exact) mass is 335 g/mol. The Labute approximate surface area is 140 Å². The molecule has 0 aromatic heterocycles. The van der Waals surface area contributed by atoms with Gasteiger partial charge in [0.2, 0.25) is 0 Å². The third-order valence-corrected chi connectivity index (χ3v) is 3.15. The van der Waals surface area contributed by atoms with E-state index in [1.54, 1.807) is 49.6 Å². The smallest absolute Gasteiger partial charge is 0.262 e. The van der Waals surface area contributed by atoms with E-state index >= 15 is 0 Å². The van der Waals surface area contributed by atoms with Crippen LogP contribution in [0.3, 0.4) is 0 Å². The molecule has 0 aliphatic carbocycles. The summed E-state index contributed by atoms with van der Waals surface area (Å²) in [7, 11) is 1.55. The molecular weight excluding hydrogens is 318 g/mol. The summed E-state index contributed by atoms with van der Waals surface area (Å²) in [5, 5.41) is 3.29. The van der Waals surface area contributed by atoms with Gasteiger partial charge < -0.3 is 19.5 Å². The lowest BCUT2D eigenvalue weighted by Gasteiger charge is -2.12. The molecule has 2 aromatic carbocycles. The Bertz CT molecular complexity index is 675. The van der Waals surface area contributed by atoms with Crippen LogP contribution < -0.4 is 19.5 Å². The van der Waals surface area contributed by atoms with Crippen molar-refractivity contribution in [3.8, 4) is 17.2 Å². The van der Waals surface area contributed by atoms with Crippen molar-refractivity contribution in [2.24, 2.45) is 0 Å². The molecule has 0 bridgehead atoms. The molecule has 0 heterocycles. The highest BCUT2D eigenvalue weighted by Gasteiger charge is 2.08. The van der Waals surface area contributed by atoms with Gasteiger partial charge in [-0.1, -0.05) is 17.7 Å². The number of hydrogen-bond donors (Lipinski definition) is 1. The first kappa shape index (κ1) is 17.0. The molecule has 23 heavy (non-hydrogen) atoms. The lowest BCUT2D eigenvalue weighted by molar-refractivity contribution is -0.118. The van der Waals surface area contributed by atoms with Crippen LogP contribution in [0.15, 0.2) is 42.5 Å². The van der Waals surface area contributed by atoms with E-state index in [0.29, 0.717) is 34.6 Å². The predicted molar refractivity (Wildman–Crippen MR) is 89.7 cm³/mol. The van der Waals surface area contributed by atoms with Crippen LogP contribution in [-0.4, -0.2) is 26.2 Å². The van der Waals surface area contributed by atoms with Gasteiger partial charge in [-0.05, 0) is 37.3 Å². The first-order valence-corrected chi connectivity index (χ1v) is 7.49. The lowest BCUT2D eigenvalue weighted by Crippen LogP contribution is -2.20. The largest absolute Gasteiger partial charge is 0.493 e. The van der Waals surface area contributed by atoms with Gasteiger partial charge in [0, 0.05) is 16.8 Å². The first-order chi connectivity index (χ1) is 11.1. The van der Waals surface area contributed by atoms with Crippen molar-refractivity contribution in [3.05, 3.63) is 47.5 Å². The highest BCUT2D eigenvalue weighted by atomic mass is 35.5. The fourth-order valence-electron chi connectivity index (χ4n) is 1.92. The zero-order valence-electron chi connectivity index (χ0n) is 13.0. The Morgan fingerprint density at radius 2 is 1.96 bits per heavy atom. The predicted octanol–water partition coefficient (Wildman–Crippen LogP) is 3.76. The Morgan fingerprint density at radius 3 is 2.65 bits per heavy atom. The van der Waals surface area contributed by atoms with Gasteiger partial charge in [-0.25, -0.2) is 0 Å². The molecule has 0 atom stereocenters. The fourth-order valence-corrected chi connectivity index (χ4v) is 2.10. The summed E-state index contributed by atoms with van der Waals surface area (Å²) in [5.41, 5.74) is 0.602. The highest BCUT2D eigenvalue weighted by Crippen LogP contribution is 2.30. The molecule has 0 saturated heterocycles. The van der Waals surface area contributed by atoms with Gasteiger partial charge in [-0.3, -0.25) is 4.79 Å². The van der Waals surface area contributed by atoms with Gasteiger partial charge in [0.05, 0.1) is 13.7 Å². The summed E-state index contributed by atoms with van der Waals surface area (Å²) >= 11 is 5.86. The van der Waals surface area contributed by atoms with Crippen LogP contribution in [0.25, 0.3) is 0 Å². The average Bonchev–Trinajstić information content (AvgIpc) is 2.54. The van der Waals surface area contributed by atoms with E-state index in [9.17, 15) is 4.79 Å². The summed E-state index contributed by atoms with van der Waals surface area (Å²) in [6, 6.07) is 12.1. The minimum absolute atomic E-state index is 0.115. The number of carbonyl (C=O) groups is 1. The summed E-state index contributed by atoms with van der Waals surface area (Å²) in [6.07, 6.45) is 0. The molecule has 5 nitrogen and oxygen atoms in total. The van der Waals surface area contributed by atoms with E-state index in [1.807, 2.05) is 6.92 Å². The second kappa shape index (κ2) is 8.29. The minimum Gasteiger partial charge on any atom is -0.493 e. The summed E-state index contributed by atoms with van der Waals surface area (Å²) in [6.45, 7) is 2.31. The molecule has 1 N–H and O–H groups in total. The Kier molecular flexibility index (Phi) is 6.11. The standard InChI is InChI=1S/C17H18ClNO4/c1-3-22-15-8-7-13(10-16(15)21-2)19-17(20)11-23-14-6-4-5-12(18)9-14/h4-10H,3,11H2,1-2H3,(H,19,20). The van der Waals surface area contributed by atoms with Crippen molar-refractivity contribution >= 4 is 23.2 Å². The van der Waals surface area contributed by atoms with Crippen LogP contribution in [0.1, 0.15) is 6.92 Å². The number of nitrogens with one attached hydrogen (secondary N) is 1. The normalized spacial score (nSPS) is 10.0. The molecule has 1 amide bonds. The van der Waals surface area contributed by atoms with Gasteiger partial charge in [0.15, 0.2) is 18.1 Å². The van der Waals surface area contributed by atoms with E-state index < -0.39 is 0 Å². The number of amides is 1. The SMILES string of the molecule is CCOc1ccc(NC(=O)COc2cccc(Cl)c2)cc1OC. The Morgan fingerprint density at radius 1 is 1.13 bits per heavy atom. The molecular formula is C17H18ClNO4. The van der Waals surface area contributed by atoms with Crippen LogP contribution in [0, 0.1) is 0 Å². The molecule has 0 aliphatic heterocycles. The maximum atomic E-state index is 11.9. The van der Waals surface area contributed by atoms with E-state index in [4.69, 9.17) is 25.8 Å².